The summed E-state index contributed by atoms with van der Waals surface area (Å²) in [6.07, 6.45) is 0. The molecule has 1 atom stereocenters. The predicted molar refractivity (Wildman–Crippen MR) is 84.6 cm³/mol. The second-order valence-corrected chi connectivity index (χ2v) is 5.85. The van der Waals surface area contributed by atoms with E-state index in [1.165, 1.54) is 0 Å². The molecule has 0 aromatic heterocycles. The molecule has 2 rings (SSSR count). The molecule has 0 aliphatic rings. The van der Waals surface area contributed by atoms with Crippen molar-refractivity contribution < 1.29 is 9.90 Å². The molecule has 3 nitrogen and oxygen atoms in total. The molecule has 0 bridgehead atoms. The quantitative estimate of drug-likeness (QED) is 0.792. The Morgan fingerprint density at radius 2 is 1.80 bits per heavy atom. The molecular formula is C14H10BrCl2NO2. The third kappa shape index (κ3) is 3.66. The van der Waals surface area contributed by atoms with Crippen molar-refractivity contribution in [1.29, 1.82) is 0 Å². The van der Waals surface area contributed by atoms with Crippen LogP contribution in [0.3, 0.4) is 0 Å². The Hall–Kier alpha value is -1.23. The maximum atomic E-state index is 11.5. The van der Waals surface area contributed by atoms with Gasteiger partial charge in [0.25, 0.3) is 0 Å². The fourth-order valence-corrected chi connectivity index (χ4v) is 2.45. The van der Waals surface area contributed by atoms with Gasteiger partial charge in [0.1, 0.15) is 0 Å². The topological polar surface area (TPSA) is 49.3 Å². The van der Waals surface area contributed by atoms with Gasteiger partial charge in [-0.3, -0.25) is 0 Å². The van der Waals surface area contributed by atoms with E-state index in [-0.39, 0.29) is 0 Å². The van der Waals surface area contributed by atoms with Crippen LogP contribution in [0.15, 0.2) is 46.9 Å². The van der Waals surface area contributed by atoms with E-state index in [2.05, 4.69) is 21.2 Å². The molecule has 0 saturated heterocycles. The van der Waals surface area contributed by atoms with Gasteiger partial charge in [0.15, 0.2) is 6.04 Å². The van der Waals surface area contributed by atoms with Crippen LogP contribution >= 0.6 is 39.1 Å². The minimum absolute atomic E-state index is 0.391. The average molecular weight is 375 g/mol. The lowest BCUT2D eigenvalue weighted by Crippen LogP contribution is -2.20. The highest BCUT2D eigenvalue weighted by Crippen LogP contribution is 2.29. The highest BCUT2D eigenvalue weighted by atomic mass is 79.9. The molecule has 0 spiro atoms. The third-order valence-corrected chi connectivity index (χ3v) is 3.76. The van der Waals surface area contributed by atoms with Gasteiger partial charge in [-0.25, -0.2) is 4.79 Å². The summed E-state index contributed by atoms with van der Waals surface area (Å²) in [6, 6.07) is 10.9. The maximum Gasteiger partial charge on any atom is 0.330 e. The van der Waals surface area contributed by atoms with E-state index in [9.17, 15) is 9.90 Å². The smallest absolute Gasteiger partial charge is 0.330 e. The van der Waals surface area contributed by atoms with Crippen molar-refractivity contribution in [2.24, 2.45) is 0 Å². The van der Waals surface area contributed by atoms with E-state index in [0.29, 0.717) is 21.3 Å². The van der Waals surface area contributed by atoms with Crippen LogP contribution in [-0.4, -0.2) is 11.1 Å². The van der Waals surface area contributed by atoms with Gasteiger partial charge in [-0.1, -0.05) is 39.1 Å². The Balaban J connectivity index is 2.34. The molecule has 0 fully saturated rings. The van der Waals surface area contributed by atoms with Crippen molar-refractivity contribution in [2.75, 3.05) is 5.32 Å². The molecule has 1 unspecified atom stereocenters. The number of aliphatic carboxylic acids is 1. The van der Waals surface area contributed by atoms with Crippen molar-refractivity contribution in [2.45, 2.75) is 6.04 Å². The number of hydrogen-bond donors (Lipinski definition) is 2. The predicted octanol–water partition coefficient (Wildman–Crippen LogP) is 4.99. The van der Waals surface area contributed by atoms with E-state index in [0.717, 1.165) is 4.47 Å². The number of anilines is 1. The number of nitrogens with one attached hydrogen (secondary N) is 1. The number of halogens is 3. The van der Waals surface area contributed by atoms with E-state index < -0.39 is 12.0 Å². The molecule has 0 aliphatic carbocycles. The van der Waals surface area contributed by atoms with Crippen LogP contribution in [0.1, 0.15) is 11.6 Å². The standard InChI is InChI=1S/C14H10BrCl2NO2/c15-8-1-6-12(17)11(7-8)13(14(19)20)18-10-4-2-9(16)3-5-10/h1-7,13,18H,(H,19,20). The van der Waals surface area contributed by atoms with Gasteiger partial charge in [0.2, 0.25) is 0 Å². The van der Waals surface area contributed by atoms with Crippen molar-refractivity contribution >= 4 is 50.8 Å². The van der Waals surface area contributed by atoms with Crippen molar-refractivity contribution in [1.82, 2.24) is 0 Å². The summed E-state index contributed by atoms with van der Waals surface area (Å²) in [5.41, 5.74) is 1.14. The first-order valence-electron chi connectivity index (χ1n) is 5.67. The Bertz CT molecular complexity index is 632. The molecule has 2 aromatic rings. The Morgan fingerprint density at radius 1 is 1.15 bits per heavy atom. The molecule has 0 radical (unpaired) electrons. The zero-order valence-corrected chi connectivity index (χ0v) is 13.2. The van der Waals surface area contributed by atoms with Crippen molar-refractivity contribution in [3.8, 4) is 0 Å². The Morgan fingerprint density at radius 3 is 2.40 bits per heavy atom. The summed E-state index contributed by atoms with van der Waals surface area (Å²) >= 11 is 15.2. The molecule has 0 heterocycles. The molecule has 2 N–H and O–H groups in total. The molecule has 0 amide bonds. The van der Waals surface area contributed by atoms with E-state index >= 15 is 0 Å². The first kappa shape index (κ1) is 15.2. The molecule has 20 heavy (non-hydrogen) atoms. The number of rotatable bonds is 4. The molecular weight excluding hydrogens is 365 g/mol. The summed E-state index contributed by atoms with van der Waals surface area (Å²) in [4.78, 5) is 11.5. The SMILES string of the molecule is O=C(O)C(Nc1ccc(Cl)cc1)c1cc(Br)ccc1Cl. The maximum absolute atomic E-state index is 11.5. The molecule has 0 aliphatic heterocycles. The summed E-state index contributed by atoms with van der Waals surface area (Å²) in [7, 11) is 0. The summed E-state index contributed by atoms with van der Waals surface area (Å²) in [5.74, 6) is -1.01. The second-order valence-electron chi connectivity index (χ2n) is 4.09. The van der Waals surface area contributed by atoms with Gasteiger partial charge >= 0.3 is 5.97 Å². The number of carboxylic acids is 1. The molecule has 6 heteroatoms. The fraction of sp³-hybridized carbons (Fsp3) is 0.0714. The van der Waals surface area contributed by atoms with Gasteiger partial charge in [-0.15, -0.1) is 0 Å². The Labute approximate surface area is 134 Å². The van der Waals surface area contributed by atoms with Crippen LogP contribution in [0.4, 0.5) is 5.69 Å². The van der Waals surface area contributed by atoms with Gasteiger partial charge in [-0.2, -0.15) is 0 Å². The molecule has 2 aromatic carbocycles. The lowest BCUT2D eigenvalue weighted by atomic mass is 10.1. The van der Waals surface area contributed by atoms with Crippen LogP contribution < -0.4 is 5.32 Å². The first-order chi connectivity index (χ1) is 9.47. The number of carbonyl (C=O) groups is 1. The van der Waals surface area contributed by atoms with Gasteiger partial charge in [0, 0.05) is 25.8 Å². The first-order valence-corrected chi connectivity index (χ1v) is 7.22. The highest BCUT2D eigenvalue weighted by Gasteiger charge is 2.22. The minimum Gasteiger partial charge on any atom is -0.479 e. The highest BCUT2D eigenvalue weighted by molar-refractivity contribution is 9.10. The van der Waals surface area contributed by atoms with E-state index in [1.54, 1.807) is 42.5 Å². The van der Waals surface area contributed by atoms with Gasteiger partial charge in [-0.05, 0) is 42.5 Å². The zero-order chi connectivity index (χ0) is 14.7. The van der Waals surface area contributed by atoms with E-state index in [4.69, 9.17) is 23.2 Å². The molecule has 0 saturated carbocycles. The lowest BCUT2D eigenvalue weighted by molar-refractivity contribution is -0.138. The number of carboxylic acid groups (broad SMARTS) is 1. The van der Waals surface area contributed by atoms with Gasteiger partial charge in [0.05, 0.1) is 0 Å². The number of hydrogen-bond acceptors (Lipinski definition) is 2. The monoisotopic (exact) mass is 373 g/mol. The summed E-state index contributed by atoms with van der Waals surface area (Å²) in [6.45, 7) is 0. The van der Waals surface area contributed by atoms with Crippen LogP contribution in [-0.2, 0) is 4.79 Å². The van der Waals surface area contributed by atoms with Crippen LogP contribution in [0, 0.1) is 0 Å². The largest absolute Gasteiger partial charge is 0.479 e. The average Bonchev–Trinajstić information content (AvgIpc) is 2.41. The minimum atomic E-state index is -1.01. The lowest BCUT2D eigenvalue weighted by Gasteiger charge is -2.17. The normalized spacial score (nSPS) is 11.9. The summed E-state index contributed by atoms with van der Waals surface area (Å²) < 4.78 is 0.765. The zero-order valence-electron chi connectivity index (χ0n) is 10.1. The van der Waals surface area contributed by atoms with Gasteiger partial charge < -0.3 is 10.4 Å². The summed E-state index contributed by atoms with van der Waals surface area (Å²) in [5, 5.41) is 13.3. The van der Waals surface area contributed by atoms with E-state index in [1.807, 2.05) is 0 Å². The fourth-order valence-electron chi connectivity index (χ4n) is 1.72. The second kappa shape index (κ2) is 6.48. The van der Waals surface area contributed by atoms with Crippen LogP contribution in [0.25, 0.3) is 0 Å². The van der Waals surface area contributed by atoms with Crippen LogP contribution in [0.5, 0.6) is 0 Å². The van der Waals surface area contributed by atoms with Crippen molar-refractivity contribution in [3.63, 3.8) is 0 Å². The van der Waals surface area contributed by atoms with Crippen molar-refractivity contribution in [3.05, 3.63) is 62.5 Å². The van der Waals surface area contributed by atoms with Crippen LogP contribution in [0.2, 0.25) is 10.0 Å². The third-order valence-electron chi connectivity index (χ3n) is 2.67. The molecule has 104 valence electrons. The number of benzene rings is 2. The Kier molecular flexibility index (Phi) is 4.91.